The number of hydrogen-bond acceptors (Lipinski definition) is 3. The lowest BCUT2D eigenvalue weighted by Gasteiger charge is -2.11. The summed E-state index contributed by atoms with van der Waals surface area (Å²) in [7, 11) is 0. The fourth-order valence-electron chi connectivity index (χ4n) is 2.33. The number of rotatable bonds is 8. The van der Waals surface area contributed by atoms with E-state index in [0.29, 0.717) is 30.5 Å². The van der Waals surface area contributed by atoms with Gasteiger partial charge in [-0.05, 0) is 42.0 Å². The van der Waals surface area contributed by atoms with E-state index in [-0.39, 0.29) is 0 Å². The van der Waals surface area contributed by atoms with Gasteiger partial charge in [0.15, 0.2) is 0 Å². The van der Waals surface area contributed by atoms with Crippen LogP contribution in [0.25, 0.3) is 0 Å². The molecule has 25 heavy (non-hydrogen) atoms. The van der Waals surface area contributed by atoms with Gasteiger partial charge in [-0.2, -0.15) is 0 Å². The van der Waals surface area contributed by atoms with Gasteiger partial charge in [-0.25, -0.2) is 0 Å². The molecule has 3 aromatic carbocycles. The molecule has 0 saturated carbocycles. The molecule has 0 fully saturated rings. The molecule has 3 nitrogen and oxygen atoms in total. The molecule has 0 aliphatic heterocycles. The maximum Gasteiger partial charge on any atom is 0.137 e. The van der Waals surface area contributed by atoms with E-state index < -0.39 is 0 Å². The first-order valence-electron chi connectivity index (χ1n) is 8.19. The summed E-state index contributed by atoms with van der Waals surface area (Å²) in [5.41, 5.74) is 2.18. The van der Waals surface area contributed by atoms with Crippen molar-refractivity contribution in [3.8, 4) is 11.5 Å². The minimum absolute atomic E-state index is 0.538. The molecular weight excluding hydrogens is 334 g/mol. The van der Waals surface area contributed by atoms with Gasteiger partial charge in [0, 0.05) is 12.2 Å². The molecule has 0 radical (unpaired) electrons. The Morgan fingerprint density at radius 1 is 0.760 bits per heavy atom. The molecule has 0 heterocycles. The molecular formula is C21H20ClNO2. The second-order valence-corrected chi connectivity index (χ2v) is 5.91. The lowest BCUT2D eigenvalue weighted by molar-refractivity contribution is 0.306. The van der Waals surface area contributed by atoms with Gasteiger partial charge in [0.25, 0.3) is 0 Å². The van der Waals surface area contributed by atoms with Crippen molar-refractivity contribution >= 4 is 17.3 Å². The van der Waals surface area contributed by atoms with Crippen LogP contribution in [0, 0.1) is 0 Å². The number of benzene rings is 3. The minimum atomic E-state index is 0.538. The van der Waals surface area contributed by atoms with Gasteiger partial charge in [-0.3, -0.25) is 0 Å². The summed E-state index contributed by atoms with van der Waals surface area (Å²) in [4.78, 5) is 0. The SMILES string of the molecule is Clc1ccccc1OCCNc1ccc(OCc2ccccc2)cc1. The third kappa shape index (κ3) is 5.44. The van der Waals surface area contributed by atoms with Crippen LogP contribution in [0.15, 0.2) is 78.9 Å². The van der Waals surface area contributed by atoms with Gasteiger partial charge in [0.2, 0.25) is 0 Å². The van der Waals surface area contributed by atoms with E-state index in [1.807, 2.05) is 66.7 Å². The Kier molecular flexibility index (Phi) is 6.18. The van der Waals surface area contributed by atoms with Crippen molar-refractivity contribution in [2.75, 3.05) is 18.5 Å². The third-order valence-corrected chi connectivity index (χ3v) is 3.94. The molecule has 1 N–H and O–H groups in total. The van der Waals surface area contributed by atoms with Gasteiger partial charge >= 0.3 is 0 Å². The van der Waals surface area contributed by atoms with Crippen LogP contribution in [0.4, 0.5) is 5.69 Å². The Balaban J connectivity index is 1.41. The van der Waals surface area contributed by atoms with Crippen LogP contribution < -0.4 is 14.8 Å². The summed E-state index contributed by atoms with van der Waals surface area (Å²) in [6, 6.07) is 25.5. The third-order valence-electron chi connectivity index (χ3n) is 3.63. The highest BCUT2D eigenvalue weighted by molar-refractivity contribution is 6.32. The average molecular weight is 354 g/mol. The van der Waals surface area contributed by atoms with E-state index in [9.17, 15) is 0 Å². The van der Waals surface area contributed by atoms with Gasteiger partial charge in [0.05, 0.1) is 5.02 Å². The maximum absolute atomic E-state index is 6.05. The summed E-state index contributed by atoms with van der Waals surface area (Å²) >= 11 is 6.05. The number of anilines is 1. The summed E-state index contributed by atoms with van der Waals surface area (Å²) in [6.45, 7) is 1.80. The first-order chi connectivity index (χ1) is 12.3. The van der Waals surface area contributed by atoms with Gasteiger partial charge < -0.3 is 14.8 Å². The predicted molar refractivity (Wildman–Crippen MR) is 103 cm³/mol. The second kappa shape index (κ2) is 9.00. The van der Waals surface area contributed by atoms with Crippen molar-refractivity contribution in [3.05, 3.63) is 89.4 Å². The fraction of sp³-hybridized carbons (Fsp3) is 0.143. The molecule has 0 spiro atoms. The Hall–Kier alpha value is -2.65. The zero-order chi connectivity index (χ0) is 17.3. The minimum Gasteiger partial charge on any atom is -0.490 e. The van der Waals surface area contributed by atoms with E-state index in [1.165, 1.54) is 0 Å². The zero-order valence-corrected chi connectivity index (χ0v) is 14.6. The molecule has 0 bridgehead atoms. The van der Waals surface area contributed by atoms with Crippen LogP contribution in [-0.2, 0) is 6.61 Å². The molecule has 0 atom stereocenters. The summed E-state index contributed by atoms with van der Waals surface area (Å²) in [6.07, 6.45) is 0. The van der Waals surface area contributed by atoms with Crippen LogP contribution in [0.2, 0.25) is 5.02 Å². The molecule has 128 valence electrons. The van der Waals surface area contributed by atoms with Crippen LogP contribution in [0.1, 0.15) is 5.56 Å². The first-order valence-corrected chi connectivity index (χ1v) is 8.57. The molecule has 4 heteroatoms. The lowest BCUT2D eigenvalue weighted by Crippen LogP contribution is -2.11. The van der Waals surface area contributed by atoms with E-state index in [4.69, 9.17) is 21.1 Å². The van der Waals surface area contributed by atoms with Crippen molar-refractivity contribution in [3.63, 3.8) is 0 Å². The molecule has 0 unspecified atom stereocenters. The van der Waals surface area contributed by atoms with E-state index in [2.05, 4.69) is 17.4 Å². The van der Waals surface area contributed by atoms with E-state index in [0.717, 1.165) is 17.0 Å². The Morgan fingerprint density at radius 3 is 2.24 bits per heavy atom. The largest absolute Gasteiger partial charge is 0.490 e. The summed E-state index contributed by atoms with van der Waals surface area (Å²) in [5, 5.41) is 3.94. The normalized spacial score (nSPS) is 10.3. The molecule has 3 aromatic rings. The second-order valence-electron chi connectivity index (χ2n) is 5.50. The maximum atomic E-state index is 6.05. The number of hydrogen-bond donors (Lipinski definition) is 1. The van der Waals surface area contributed by atoms with Gasteiger partial charge in [-0.15, -0.1) is 0 Å². The monoisotopic (exact) mass is 353 g/mol. The fourth-order valence-corrected chi connectivity index (χ4v) is 2.52. The molecule has 0 aliphatic rings. The van der Waals surface area contributed by atoms with Crippen LogP contribution in [0.5, 0.6) is 11.5 Å². The average Bonchev–Trinajstić information content (AvgIpc) is 2.67. The molecule has 0 saturated heterocycles. The lowest BCUT2D eigenvalue weighted by atomic mass is 10.2. The number of ether oxygens (including phenoxy) is 2. The van der Waals surface area contributed by atoms with Crippen LogP contribution in [0.3, 0.4) is 0 Å². The van der Waals surface area contributed by atoms with E-state index in [1.54, 1.807) is 0 Å². The van der Waals surface area contributed by atoms with Crippen molar-refractivity contribution < 1.29 is 9.47 Å². The quantitative estimate of drug-likeness (QED) is 0.549. The number of para-hydroxylation sites is 1. The van der Waals surface area contributed by atoms with Gasteiger partial charge in [0.1, 0.15) is 24.7 Å². The molecule has 0 amide bonds. The standard InChI is InChI=1S/C21H20ClNO2/c22-20-8-4-5-9-21(20)24-15-14-23-18-10-12-19(13-11-18)25-16-17-6-2-1-3-7-17/h1-13,23H,14-16H2. The first kappa shape index (κ1) is 17.2. The smallest absolute Gasteiger partial charge is 0.137 e. The topological polar surface area (TPSA) is 30.5 Å². The predicted octanol–water partition coefficient (Wildman–Crippen LogP) is 5.41. The Morgan fingerprint density at radius 2 is 1.48 bits per heavy atom. The van der Waals surface area contributed by atoms with Gasteiger partial charge in [-0.1, -0.05) is 54.1 Å². The highest BCUT2D eigenvalue weighted by Crippen LogP contribution is 2.23. The molecule has 0 aromatic heterocycles. The summed E-state index contributed by atoms with van der Waals surface area (Å²) < 4.78 is 11.4. The Bertz CT molecular complexity index is 775. The highest BCUT2D eigenvalue weighted by atomic mass is 35.5. The number of nitrogens with one attached hydrogen (secondary N) is 1. The Labute approximate surface area is 153 Å². The van der Waals surface area contributed by atoms with Crippen LogP contribution in [-0.4, -0.2) is 13.2 Å². The van der Waals surface area contributed by atoms with Crippen LogP contribution >= 0.6 is 11.6 Å². The molecule has 0 aliphatic carbocycles. The molecule has 3 rings (SSSR count). The highest BCUT2D eigenvalue weighted by Gasteiger charge is 2.00. The number of halogens is 1. The van der Waals surface area contributed by atoms with Crippen molar-refractivity contribution in [1.82, 2.24) is 0 Å². The van der Waals surface area contributed by atoms with Crippen molar-refractivity contribution in [1.29, 1.82) is 0 Å². The van der Waals surface area contributed by atoms with Crippen molar-refractivity contribution in [2.45, 2.75) is 6.61 Å². The zero-order valence-electron chi connectivity index (χ0n) is 13.8. The van der Waals surface area contributed by atoms with E-state index >= 15 is 0 Å². The summed E-state index contributed by atoms with van der Waals surface area (Å²) in [5.74, 6) is 1.55. The van der Waals surface area contributed by atoms with Crippen molar-refractivity contribution in [2.24, 2.45) is 0 Å².